The maximum absolute atomic E-state index is 5.51. The minimum absolute atomic E-state index is 0.170. The third-order valence-corrected chi connectivity index (χ3v) is 3.05. The molecule has 1 aromatic rings. The molecular weight excluding hydrogens is 236 g/mol. The van der Waals surface area contributed by atoms with Gasteiger partial charge in [-0.3, -0.25) is 0 Å². The largest absolute Gasteiger partial charge is 0.496 e. The fourth-order valence-corrected chi connectivity index (χ4v) is 1.93. The number of benzene rings is 1. The predicted molar refractivity (Wildman–Crippen MR) is 81.7 cm³/mol. The van der Waals surface area contributed by atoms with Crippen LogP contribution in [0.25, 0.3) is 6.08 Å². The van der Waals surface area contributed by atoms with E-state index >= 15 is 0 Å². The number of methoxy groups -OCH3 is 1. The molecule has 2 heteroatoms. The number of aryl methyl sites for hydroxylation is 1. The zero-order valence-corrected chi connectivity index (χ0v) is 12.8. The first-order chi connectivity index (χ1) is 8.98. The van der Waals surface area contributed by atoms with Crippen molar-refractivity contribution in [1.29, 1.82) is 0 Å². The summed E-state index contributed by atoms with van der Waals surface area (Å²) < 4.78 is 10.9. The van der Waals surface area contributed by atoms with Gasteiger partial charge in [-0.25, -0.2) is 0 Å². The predicted octanol–water partition coefficient (Wildman–Crippen LogP) is 4.47. The molecule has 0 fully saturated rings. The molecule has 0 aliphatic carbocycles. The number of ether oxygens (including phenoxy) is 2. The summed E-state index contributed by atoms with van der Waals surface area (Å²) in [4.78, 5) is 0. The molecule has 0 aliphatic heterocycles. The highest BCUT2D eigenvalue weighted by Crippen LogP contribution is 2.25. The molecule has 2 nitrogen and oxygen atoms in total. The first-order valence-corrected chi connectivity index (χ1v) is 6.87. The van der Waals surface area contributed by atoms with Gasteiger partial charge in [-0.05, 0) is 37.8 Å². The summed E-state index contributed by atoms with van der Waals surface area (Å²) in [6.45, 7) is 10.1. The minimum Gasteiger partial charge on any atom is -0.496 e. The Morgan fingerprint density at radius 3 is 2.63 bits per heavy atom. The highest BCUT2D eigenvalue weighted by atomic mass is 16.5. The van der Waals surface area contributed by atoms with E-state index in [1.807, 2.05) is 13.0 Å². The van der Waals surface area contributed by atoms with Gasteiger partial charge in [0.25, 0.3) is 0 Å². The monoisotopic (exact) mass is 262 g/mol. The number of hydrogen-bond donors (Lipinski definition) is 0. The molecule has 106 valence electrons. The van der Waals surface area contributed by atoms with Crippen molar-refractivity contribution in [1.82, 2.24) is 0 Å². The van der Waals surface area contributed by atoms with E-state index in [-0.39, 0.29) is 5.41 Å². The molecule has 1 rings (SSSR count). The summed E-state index contributed by atoms with van der Waals surface area (Å²) in [6.07, 6.45) is 5.33. The first kappa shape index (κ1) is 15.8. The second-order valence-electron chi connectivity index (χ2n) is 5.65. The summed E-state index contributed by atoms with van der Waals surface area (Å²) in [5.41, 5.74) is 2.55. The molecule has 0 aromatic heterocycles. The molecule has 0 amide bonds. The van der Waals surface area contributed by atoms with Crippen molar-refractivity contribution in [3.8, 4) is 5.75 Å². The van der Waals surface area contributed by atoms with Crippen molar-refractivity contribution in [3.63, 3.8) is 0 Å². The average Bonchev–Trinajstić information content (AvgIpc) is 2.36. The molecule has 0 radical (unpaired) electrons. The van der Waals surface area contributed by atoms with Crippen LogP contribution in [0.5, 0.6) is 5.75 Å². The second kappa shape index (κ2) is 7.34. The fraction of sp³-hybridized carbons (Fsp3) is 0.529. The van der Waals surface area contributed by atoms with Crippen LogP contribution in [0.15, 0.2) is 24.3 Å². The molecule has 0 saturated carbocycles. The molecule has 19 heavy (non-hydrogen) atoms. The lowest BCUT2D eigenvalue weighted by molar-refractivity contribution is 0.0725. The van der Waals surface area contributed by atoms with Gasteiger partial charge in [-0.1, -0.05) is 37.6 Å². The molecule has 0 bridgehead atoms. The van der Waals surface area contributed by atoms with E-state index in [1.165, 1.54) is 5.56 Å². The van der Waals surface area contributed by atoms with Crippen molar-refractivity contribution >= 4 is 6.08 Å². The first-order valence-electron chi connectivity index (χ1n) is 6.87. The molecule has 1 aromatic carbocycles. The van der Waals surface area contributed by atoms with Crippen LogP contribution in [-0.4, -0.2) is 20.3 Å². The van der Waals surface area contributed by atoms with E-state index in [1.54, 1.807) is 7.11 Å². The number of hydrogen-bond acceptors (Lipinski definition) is 2. The molecule has 0 heterocycles. The summed E-state index contributed by atoms with van der Waals surface area (Å²) in [6, 6.07) is 6.22. The van der Waals surface area contributed by atoms with Crippen LogP contribution < -0.4 is 4.74 Å². The van der Waals surface area contributed by atoms with Gasteiger partial charge < -0.3 is 9.47 Å². The molecule has 0 saturated heterocycles. The van der Waals surface area contributed by atoms with Gasteiger partial charge in [0.2, 0.25) is 0 Å². The number of allylic oxidation sites excluding steroid dienone is 1. The lowest BCUT2D eigenvalue weighted by atomic mass is 9.90. The molecule has 0 aliphatic rings. The van der Waals surface area contributed by atoms with E-state index in [0.717, 1.165) is 30.9 Å². The van der Waals surface area contributed by atoms with Gasteiger partial charge >= 0.3 is 0 Å². The van der Waals surface area contributed by atoms with Crippen LogP contribution in [0, 0.1) is 12.3 Å². The maximum atomic E-state index is 5.51. The molecule has 0 N–H and O–H groups in total. The Kier molecular flexibility index (Phi) is 6.10. The highest BCUT2D eigenvalue weighted by molar-refractivity contribution is 5.58. The Morgan fingerprint density at radius 1 is 1.26 bits per heavy atom. The molecule has 0 unspecified atom stereocenters. The van der Waals surface area contributed by atoms with Crippen molar-refractivity contribution in [3.05, 3.63) is 35.4 Å². The van der Waals surface area contributed by atoms with Crippen LogP contribution in [-0.2, 0) is 4.74 Å². The summed E-state index contributed by atoms with van der Waals surface area (Å²) in [7, 11) is 1.71. The topological polar surface area (TPSA) is 18.5 Å². The summed E-state index contributed by atoms with van der Waals surface area (Å²) >= 11 is 0. The van der Waals surface area contributed by atoms with Crippen LogP contribution in [0.3, 0.4) is 0 Å². The van der Waals surface area contributed by atoms with Crippen molar-refractivity contribution in [2.45, 2.75) is 34.1 Å². The van der Waals surface area contributed by atoms with Crippen molar-refractivity contribution < 1.29 is 9.47 Å². The van der Waals surface area contributed by atoms with Gasteiger partial charge in [-0.2, -0.15) is 0 Å². The normalized spacial score (nSPS) is 12.1. The van der Waals surface area contributed by atoms with Crippen LogP contribution >= 0.6 is 0 Å². The fourth-order valence-electron chi connectivity index (χ4n) is 1.93. The van der Waals surface area contributed by atoms with E-state index in [4.69, 9.17) is 9.47 Å². The van der Waals surface area contributed by atoms with Crippen LogP contribution in [0.1, 0.15) is 38.3 Å². The highest BCUT2D eigenvalue weighted by Gasteiger charge is 2.15. The lowest BCUT2D eigenvalue weighted by Crippen LogP contribution is -2.18. The Labute approximate surface area is 117 Å². The van der Waals surface area contributed by atoms with Crippen molar-refractivity contribution in [2.75, 3.05) is 20.3 Å². The second-order valence-corrected chi connectivity index (χ2v) is 5.65. The number of rotatable bonds is 7. The van der Waals surface area contributed by atoms with Gasteiger partial charge in [0.05, 0.1) is 13.7 Å². The Hall–Kier alpha value is -1.28. The third kappa shape index (κ3) is 5.48. The Balaban J connectivity index is 2.68. The Morgan fingerprint density at radius 2 is 2.00 bits per heavy atom. The van der Waals surface area contributed by atoms with Crippen LogP contribution in [0.4, 0.5) is 0 Å². The van der Waals surface area contributed by atoms with E-state index in [9.17, 15) is 0 Å². The molecular formula is C17H26O2. The summed E-state index contributed by atoms with van der Waals surface area (Å²) in [5, 5.41) is 0. The summed E-state index contributed by atoms with van der Waals surface area (Å²) in [5.74, 6) is 0.921. The van der Waals surface area contributed by atoms with Gasteiger partial charge in [0, 0.05) is 12.2 Å². The maximum Gasteiger partial charge on any atom is 0.126 e. The average molecular weight is 262 g/mol. The standard InChI is InChI=1S/C17H26O2/c1-6-19-13-17(3,4)11-7-8-15-12-14(2)9-10-16(15)18-5/h7-10,12H,6,11,13H2,1-5H3/b8-7+. The van der Waals surface area contributed by atoms with Gasteiger partial charge in [0.1, 0.15) is 5.75 Å². The van der Waals surface area contributed by atoms with E-state index in [2.05, 4.69) is 45.1 Å². The van der Waals surface area contributed by atoms with E-state index < -0.39 is 0 Å². The minimum atomic E-state index is 0.170. The van der Waals surface area contributed by atoms with Crippen molar-refractivity contribution in [2.24, 2.45) is 5.41 Å². The Bertz CT molecular complexity index is 419. The molecule has 0 spiro atoms. The van der Waals surface area contributed by atoms with E-state index in [0.29, 0.717) is 0 Å². The SMILES string of the molecule is CCOCC(C)(C)C/C=C/c1cc(C)ccc1OC. The zero-order chi connectivity index (χ0) is 14.3. The quantitative estimate of drug-likeness (QED) is 0.722. The van der Waals surface area contributed by atoms with Gasteiger partial charge in [0.15, 0.2) is 0 Å². The van der Waals surface area contributed by atoms with Crippen LogP contribution in [0.2, 0.25) is 0 Å². The third-order valence-electron chi connectivity index (χ3n) is 3.05. The van der Waals surface area contributed by atoms with Gasteiger partial charge in [-0.15, -0.1) is 0 Å². The molecule has 0 atom stereocenters. The lowest BCUT2D eigenvalue weighted by Gasteiger charge is -2.22. The zero-order valence-electron chi connectivity index (χ0n) is 12.8. The smallest absolute Gasteiger partial charge is 0.126 e.